The van der Waals surface area contributed by atoms with Gasteiger partial charge in [0.05, 0.1) is 5.41 Å². The second kappa shape index (κ2) is 3.02. The lowest BCUT2D eigenvalue weighted by atomic mass is 9.94. The normalized spacial score (nSPS) is 17.5. The van der Waals surface area contributed by atoms with Gasteiger partial charge in [0.1, 0.15) is 11.6 Å². The van der Waals surface area contributed by atoms with Crippen LogP contribution in [0.25, 0.3) is 0 Å². The first-order valence-corrected chi connectivity index (χ1v) is 4.67. The molecule has 1 aliphatic carbocycles. The Balaban J connectivity index is 2.55. The van der Waals surface area contributed by atoms with Gasteiger partial charge in [-0.05, 0) is 25.8 Å². The van der Waals surface area contributed by atoms with Crippen LogP contribution in [0.4, 0.5) is 8.78 Å². The topological polar surface area (TPSA) is 37.3 Å². The summed E-state index contributed by atoms with van der Waals surface area (Å²) in [6.45, 7) is 1.31. The van der Waals surface area contributed by atoms with Crippen LogP contribution in [0.15, 0.2) is 12.1 Å². The standard InChI is InChI=1S/C11H10F2O2/c1-6-8(12)3-2-7(9(6)13)11(4-5-11)10(14)15/h2-3H,4-5H2,1H3,(H,14,15). The van der Waals surface area contributed by atoms with Gasteiger partial charge in [0.15, 0.2) is 0 Å². The van der Waals surface area contributed by atoms with Gasteiger partial charge in [-0.1, -0.05) is 6.07 Å². The van der Waals surface area contributed by atoms with E-state index in [2.05, 4.69) is 0 Å². The molecule has 0 heterocycles. The molecular formula is C11H10F2O2. The largest absolute Gasteiger partial charge is 0.481 e. The molecule has 0 amide bonds. The van der Waals surface area contributed by atoms with Gasteiger partial charge in [0, 0.05) is 11.1 Å². The molecule has 0 aliphatic heterocycles. The van der Waals surface area contributed by atoms with Gasteiger partial charge in [0.25, 0.3) is 0 Å². The summed E-state index contributed by atoms with van der Waals surface area (Å²) < 4.78 is 26.6. The van der Waals surface area contributed by atoms with Crippen LogP contribution in [0.5, 0.6) is 0 Å². The van der Waals surface area contributed by atoms with E-state index in [1.807, 2.05) is 0 Å². The van der Waals surface area contributed by atoms with E-state index in [0.29, 0.717) is 12.8 Å². The fourth-order valence-corrected chi connectivity index (χ4v) is 1.75. The van der Waals surface area contributed by atoms with Crippen molar-refractivity contribution < 1.29 is 18.7 Å². The first-order valence-electron chi connectivity index (χ1n) is 4.67. The van der Waals surface area contributed by atoms with Gasteiger partial charge >= 0.3 is 5.97 Å². The molecule has 0 atom stereocenters. The molecule has 1 N–H and O–H groups in total. The summed E-state index contributed by atoms with van der Waals surface area (Å²) in [6, 6.07) is 2.36. The zero-order valence-electron chi connectivity index (χ0n) is 8.18. The van der Waals surface area contributed by atoms with E-state index in [1.54, 1.807) is 0 Å². The molecule has 0 unspecified atom stereocenters. The van der Waals surface area contributed by atoms with Crippen LogP contribution in [0.2, 0.25) is 0 Å². The molecular weight excluding hydrogens is 202 g/mol. The molecule has 80 valence electrons. The minimum atomic E-state index is -1.11. The van der Waals surface area contributed by atoms with Crippen LogP contribution in [0.3, 0.4) is 0 Å². The third kappa shape index (κ3) is 1.32. The van der Waals surface area contributed by atoms with Crippen molar-refractivity contribution in [3.63, 3.8) is 0 Å². The molecule has 4 heteroatoms. The van der Waals surface area contributed by atoms with Crippen molar-refractivity contribution in [1.82, 2.24) is 0 Å². The van der Waals surface area contributed by atoms with Crippen LogP contribution in [-0.4, -0.2) is 11.1 Å². The number of hydrogen-bond acceptors (Lipinski definition) is 1. The smallest absolute Gasteiger partial charge is 0.314 e. The first-order chi connectivity index (χ1) is 6.99. The van der Waals surface area contributed by atoms with Gasteiger partial charge in [-0.25, -0.2) is 8.78 Å². The zero-order chi connectivity index (χ0) is 11.2. The Kier molecular flexibility index (Phi) is 2.03. The fraction of sp³-hybridized carbons (Fsp3) is 0.364. The van der Waals surface area contributed by atoms with E-state index < -0.39 is 23.0 Å². The van der Waals surface area contributed by atoms with Crippen molar-refractivity contribution in [1.29, 1.82) is 0 Å². The summed E-state index contributed by atoms with van der Waals surface area (Å²) in [4.78, 5) is 11.0. The van der Waals surface area contributed by atoms with Gasteiger partial charge in [-0.3, -0.25) is 4.79 Å². The fourth-order valence-electron chi connectivity index (χ4n) is 1.75. The summed E-state index contributed by atoms with van der Waals surface area (Å²) >= 11 is 0. The van der Waals surface area contributed by atoms with E-state index in [0.717, 1.165) is 6.07 Å². The van der Waals surface area contributed by atoms with E-state index >= 15 is 0 Å². The SMILES string of the molecule is Cc1c(F)ccc(C2(C(=O)O)CC2)c1F. The van der Waals surface area contributed by atoms with Crippen molar-refractivity contribution in [2.24, 2.45) is 0 Å². The molecule has 0 aromatic heterocycles. The number of carboxylic acids is 1. The van der Waals surface area contributed by atoms with Crippen LogP contribution >= 0.6 is 0 Å². The monoisotopic (exact) mass is 212 g/mol. The minimum absolute atomic E-state index is 0.105. The number of aliphatic carboxylic acids is 1. The summed E-state index contributed by atoms with van der Waals surface area (Å²) in [6.07, 6.45) is 0.842. The molecule has 0 radical (unpaired) electrons. The lowest BCUT2D eigenvalue weighted by molar-refractivity contribution is -0.140. The highest BCUT2D eigenvalue weighted by Gasteiger charge is 2.53. The lowest BCUT2D eigenvalue weighted by Gasteiger charge is -2.12. The molecule has 0 bridgehead atoms. The molecule has 1 aromatic rings. The van der Waals surface area contributed by atoms with Gasteiger partial charge < -0.3 is 5.11 Å². The number of benzene rings is 1. The van der Waals surface area contributed by atoms with Crippen LogP contribution in [0, 0.1) is 18.6 Å². The first kappa shape index (κ1) is 10.1. The van der Waals surface area contributed by atoms with Crippen LogP contribution in [-0.2, 0) is 10.2 Å². The number of carboxylic acid groups (broad SMARTS) is 1. The van der Waals surface area contributed by atoms with Crippen molar-refractivity contribution >= 4 is 5.97 Å². The Labute approximate surface area is 85.5 Å². The second-order valence-electron chi connectivity index (χ2n) is 3.92. The molecule has 1 aromatic carbocycles. The minimum Gasteiger partial charge on any atom is -0.481 e. The molecule has 1 fully saturated rings. The molecule has 2 nitrogen and oxygen atoms in total. The number of rotatable bonds is 2. The highest BCUT2D eigenvalue weighted by Crippen LogP contribution is 2.49. The summed E-state index contributed by atoms with van der Waals surface area (Å²) in [5.74, 6) is -2.40. The Morgan fingerprint density at radius 2 is 2.00 bits per heavy atom. The summed E-state index contributed by atoms with van der Waals surface area (Å²) in [7, 11) is 0. The second-order valence-corrected chi connectivity index (χ2v) is 3.92. The predicted octanol–water partition coefficient (Wildman–Crippen LogP) is 2.39. The zero-order valence-corrected chi connectivity index (χ0v) is 8.18. The molecule has 0 spiro atoms. The maximum atomic E-state index is 13.7. The Hall–Kier alpha value is -1.45. The maximum absolute atomic E-state index is 13.7. The van der Waals surface area contributed by atoms with Crippen LogP contribution in [0.1, 0.15) is 24.0 Å². The molecule has 1 aliphatic rings. The highest BCUT2D eigenvalue weighted by molar-refractivity contribution is 5.85. The van der Waals surface area contributed by atoms with E-state index in [-0.39, 0.29) is 11.1 Å². The maximum Gasteiger partial charge on any atom is 0.314 e. The predicted molar refractivity (Wildman–Crippen MR) is 49.6 cm³/mol. The van der Waals surface area contributed by atoms with E-state index in [9.17, 15) is 13.6 Å². The summed E-state index contributed by atoms with van der Waals surface area (Å²) in [5.41, 5.74) is -1.11. The third-order valence-electron chi connectivity index (χ3n) is 3.00. The molecule has 0 saturated heterocycles. The van der Waals surface area contributed by atoms with E-state index in [1.165, 1.54) is 13.0 Å². The number of carbonyl (C=O) groups is 1. The van der Waals surface area contributed by atoms with Crippen molar-refractivity contribution in [2.75, 3.05) is 0 Å². The highest BCUT2D eigenvalue weighted by atomic mass is 19.1. The van der Waals surface area contributed by atoms with Crippen LogP contribution < -0.4 is 0 Å². The van der Waals surface area contributed by atoms with Crippen molar-refractivity contribution in [2.45, 2.75) is 25.2 Å². The molecule has 1 saturated carbocycles. The quantitative estimate of drug-likeness (QED) is 0.817. The number of halogens is 2. The average molecular weight is 212 g/mol. The third-order valence-corrected chi connectivity index (χ3v) is 3.00. The Morgan fingerprint density at radius 1 is 1.40 bits per heavy atom. The Morgan fingerprint density at radius 3 is 2.47 bits per heavy atom. The van der Waals surface area contributed by atoms with Gasteiger partial charge in [-0.2, -0.15) is 0 Å². The molecule has 2 rings (SSSR count). The summed E-state index contributed by atoms with van der Waals surface area (Å²) in [5, 5.41) is 8.98. The lowest BCUT2D eigenvalue weighted by Crippen LogP contribution is -2.21. The van der Waals surface area contributed by atoms with Gasteiger partial charge in [-0.15, -0.1) is 0 Å². The van der Waals surface area contributed by atoms with Crippen molar-refractivity contribution in [3.8, 4) is 0 Å². The van der Waals surface area contributed by atoms with Gasteiger partial charge in [0.2, 0.25) is 0 Å². The van der Waals surface area contributed by atoms with E-state index in [4.69, 9.17) is 5.11 Å². The molecule has 15 heavy (non-hydrogen) atoms. The Bertz CT molecular complexity index is 436. The van der Waals surface area contributed by atoms with Crippen molar-refractivity contribution in [3.05, 3.63) is 34.9 Å². The number of hydrogen-bond donors (Lipinski definition) is 1. The average Bonchev–Trinajstić information content (AvgIpc) is 2.95.